The molecule has 0 saturated heterocycles. The van der Waals surface area contributed by atoms with Crippen molar-refractivity contribution in [2.24, 2.45) is 4.99 Å². The topological polar surface area (TPSA) is 45.6 Å². The first-order valence-corrected chi connectivity index (χ1v) is 7.25. The second-order valence-corrected chi connectivity index (χ2v) is 4.97. The van der Waals surface area contributed by atoms with E-state index in [2.05, 4.69) is 15.8 Å². The van der Waals surface area contributed by atoms with Gasteiger partial charge in [0.25, 0.3) is 0 Å². The van der Waals surface area contributed by atoms with Crippen molar-refractivity contribution >= 4 is 11.5 Å². The lowest BCUT2D eigenvalue weighted by molar-refractivity contribution is -0.137. The van der Waals surface area contributed by atoms with Crippen LogP contribution in [0.15, 0.2) is 59.6 Å². The zero-order valence-electron chi connectivity index (χ0n) is 13.1. The Morgan fingerprint density at radius 2 is 1.71 bits per heavy atom. The van der Waals surface area contributed by atoms with Crippen molar-refractivity contribution < 1.29 is 17.9 Å². The molecule has 0 aromatic heterocycles. The van der Waals surface area contributed by atoms with Gasteiger partial charge in [-0.3, -0.25) is 15.8 Å². The quantitative estimate of drug-likeness (QED) is 0.478. The number of nitrogens with zero attached hydrogens (tertiary/aromatic N) is 1. The highest BCUT2D eigenvalue weighted by atomic mass is 19.4. The minimum absolute atomic E-state index is 0.249. The van der Waals surface area contributed by atoms with Crippen LogP contribution < -0.4 is 10.9 Å². The molecule has 0 saturated carbocycles. The van der Waals surface area contributed by atoms with Gasteiger partial charge in [0.2, 0.25) is 0 Å². The molecule has 0 spiro atoms. The van der Waals surface area contributed by atoms with Crippen LogP contribution in [-0.4, -0.2) is 19.5 Å². The highest BCUT2D eigenvalue weighted by molar-refractivity contribution is 5.84. The van der Waals surface area contributed by atoms with E-state index in [1.54, 1.807) is 7.05 Å². The average molecular weight is 337 g/mol. The number of rotatable bonds is 6. The Hall–Kier alpha value is -2.54. The van der Waals surface area contributed by atoms with E-state index in [9.17, 15) is 13.2 Å². The van der Waals surface area contributed by atoms with Crippen molar-refractivity contribution in [2.45, 2.75) is 12.8 Å². The highest BCUT2D eigenvalue weighted by Gasteiger charge is 2.29. The van der Waals surface area contributed by atoms with Gasteiger partial charge in [-0.05, 0) is 29.8 Å². The van der Waals surface area contributed by atoms with Crippen LogP contribution in [0.1, 0.15) is 11.1 Å². The Balaban J connectivity index is 1.79. The molecule has 2 aromatic rings. The Labute approximate surface area is 138 Å². The molecule has 2 rings (SSSR count). The lowest BCUT2D eigenvalue weighted by atomic mass is 10.2. The van der Waals surface area contributed by atoms with Gasteiger partial charge in [0.05, 0.1) is 17.9 Å². The summed E-state index contributed by atoms with van der Waals surface area (Å²) < 4.78 is 43.0. The molecule has 0 aliphatic carbocycles. The zero-order chi connectivity index (χ0) is 17.4. The van der Waals surface area contributed by atoms with Crippen LogP contribution in [0, 0.1) is 0 Å². The van der Waals surface area contributed by atoms with Gasteiger partial charge in [-0.2, -0.15) is 13.2 Å². The van der Waals surface area contributed by atoms with Crippen molar-refractivity contribution in [3.63, 3.8) is 0 Å². The van der Waals surface area contributed by atoms with Gasteiger partial charge in [-0.15, -0.1) is 0 Å². The van der Waals surface area contributed by atoms with E-state index < -0.39 is 11.7 Å². The molecule has 0 atom stereocenters. The predicted octanol–water partition coefficient (Wildman–Crippen LogP) is 3.87. The third kappa shape index (κ3) is 5.58. The number of nitrogens with one attached hydrogen (secondary N) is 2. The normalized spacial score (nSPS) is 12.1. The van der Waals surface area contributed by atoms with E-state index in [-0.39, 0.29) is 6.61 Å². The Bertz CT molecular complexity index is 655. The van der Waals surface area contributed by atoms with Crippen molar-refractivity contribution in [3.8, 4) is 0 Å². The molecule has 7 heteroatoms. The minimum Gasteiger partial charge on any atom is -0.369 e. The second-order valence-electron chi connectivity index (χ2n) is 4.97. The van der Waals surface area contributed by atoms with E-state index in [1.807, 2.05) is 30.3 Å². The molecule has 2 aromatic carbocycles. The fraction of sp³-hybridized carbons (Fsp3) is 0.235. The van der Waals surface area contributed by atoms with Crippen molar-refractivity contribution in [1.82, 2.24) is 5.43 Å². The number of halogens is 3. The third-order valence-corrected chi connectivity index (χ3v) is 3.18. The Morgan fingerprint density at radius 1 is 1.04 bits per heavy atom. The van der Waals surface area contributed by atoms with Crippen molar-refractivity contribution in [3.05, 3.63) is 65.7 Å². The SMILES string of the molecule is CN=C(COCc1ccccc1)NNc1ccc(C(F)(F)F)cc1. The number of amidine groups is 1. The maximum Gasteiger partial charge on any atom is 0.416 e. The molecule has 4 nitrogen and oxygen atoms in total. The summed E-state index contributed by atoms with van der Waals surface area (Å²) >= 11 is 0. The molecule has 0 unspecified atom stereocenters. The summed E-state index contributed by atoms with van der Waals surface area (Å²) in [6.45, 7) is 0.695. The lowest BCUT2D eigenvalue weighted by Gasteiger charge is -2.13. The number of aliphatic imine (C=N–C) groups is 1. The summed E-state index contributed by atoms with van der Waals surface area (Å²) in [6.07, 6.45) is -4.34. The fourth-order valence-electron chi connectivity index (χ4n) is 1.88. The van der Waals surface area contributed by atoms with Gasteiger partial charge in [-0.25, -0.2) is 0 Å². The van der Waals surface area contributed by atoms with E-state index in [0.717, 1.165) is 17.7 Å². The number of hydrogen-bond donors (Lipinski definition) is 2. The molecule has 2 N–H and O–H groups in total. The first-order chi connectivity index (χ1) is 11.5. The number of anilines is 1. The predicted molar refractivity (Wildman–Crippen MR) is 87.7 cm³/mol. The standard InChI is InChI=1S/C17H18F3N3O/c1-21-16(12-24-11-13-5-3-2-4-6-13)23-22-15-9-7-14(8-10-15)17(18,19)20/h2-10,22H,11-12H2,1H3,(H,21,23). The molecule has 0 amide bonds. The summed E-state index contributed by atoms with van der Waals surface area (Å²) in [6, 6.07) is 14.4. The monoisotopic (exact) mass is 337 g/mol. The molecule has 0 heterocycles. The van der Waals surface area contributed by atoms with E-state index in [4.69, 9.17) is 4.74 Å². The first-order valence-electron chi connectivity index (χ1n) is 7.25. The van der Waals surface area contributed by atoms with Crippen LogP contribution in [0.3, 0.4) is 0 Å². The van der Waals surface area contributed by atoms with E-state index in [1.165, 1.54) is 12.1 Å². The Morgan fingerprint density at radius 3 is 2.29 bits per heavy atom. The molecule has 0 fully saturated rings. The maximum absolute atomic E-state index is 12.5. The molecule has 0 aliphatic rings. The van der Waals surface area contributed by atoms with Gasteiger partial charge in [-0.1, -0.05) is 30.3 Å². The molecule has 0 aliphatic heterocycles. The largest absolute Gasteiger partial charge is 0.416 e. The van der Waals surface area contributed by atoms with Crippen molar-refractivity contribution in [1.29, 1.82) is 0 Å². The van der Waals surface area contributed by atoms with E-state index >= 15 is 0 Å². The van der Waals surface area contributed by atoms with Gasteiger partial charge >= 0.3 is 6.18 Å². The molecular weight excluding hydrogens is 319 g/mol. The maximum atomic E-state index is 12.5. The summed E-state index contributed by atoms with van der Waals surface area (Å²) in [5, 5.41) is 0. The van der Waals surface area contributed by atoms with Crippen LogP contribution >= 0.6 is 0 Å². The van der Waals surface area contributed by atoms with Gasteiger partial charge in [0.15, 0.2) is 0 Å². The summed E-state index contributed by atoms with van der Waals surface area (Å²) in [7, 11) is 1.60. The second kappa shape index (κ2) is 8.35. The smallest absolute Gasteiger partial charge is 0.369 e. The summed E-state index contributed by atoms with van der Waals surface area (Å²) in [5.41, 5.74) is 6.47. The third-order valence-electron chi connectivity index (χ3n) is 3.18. The number of alkyl halides is 3. The van der Waals surface area contributed by atoms with Crippen LogP contribution in [0.2, 0.25) is 0 Å². The molecule has 128 valence electrons. The number of benzene rings is 2. The first kappa shape index (κ1) is 17.8. The molecule has 0 radical (unpaired) electrons. The molecular formula is C17H18F3N3O. The minimum atomic E-state index is -4.34. The van der Waals surface area contributed by atoms with Crippen LogP contribution in [-0.2, 0) is 17.5 Å². The number of hydrogen-bond acceptors (Lipinski definition) is 3. The van der Waals surface area contributed by atoms with E-state index in [0.29, 0.717) is 18.1 Å². The molecule has 24 heavy (non-hydrogen) atoms. The molecule has 0 bridgehead atoms. The number of hydrazine groups is 1. The van der Waals surface area contributed by atoms with Crippen LogP contribution in [0.5, 0.6) is 0 Å². The summed E-state index contributed by atoms with van der Waals surface area (Å²) in [4.78, 5) is 4.03. The zero-order valence-corrected chi connectivity index (χ0v) is 13.1. The fourth-order valence-corrected chi connectivity index (χ4v) is 1.88. The van der Waals surface area contributed by atoms with Crippen LogP contribution in [0.4, 0.5) is 18.9 Å². The summed E-state index contributed by atoms with van der Waals surface area (Å²) in [5.74, 6) is 0.533. The van der Waals surface area contributed by atoms with Gasteiger partial charge in [0, 0.05) is 7.05 Å². The van der Waals surface area contributed by atoms with Gasteiger partial charge in [0.1, 0.15) is 12.4 Å². The highest BCUT2D eigenvalue weighted by Crippen LogP contribution is 2.29. The van der Waals surface area contributed by atoms with Crippen molar-refractivity contribution in [2.75, 3.05) is 19.1 Å². The average Bonchev–Trinajstić information content (AvgIpc) is 2.58. The van der Waals surface area contributed by atoms with Gasteiger partial charge < -0.3 is 4.74 Å². The lowest BCUT2D eigenvalue weighted by Crippen LogP contribution is -2.33. The number of ether oxygens (including phenoxy) is 1. The Kier molecular flexibility index (Phi) is 6.20. The van der Waals surface area contributed by atoms with Crippen LogP contribution in [0.25, 0.3) is 0 Å².